The number of halogens is 1. The molecule has 6 nitrogen and oxygen atoms in total. The Morgan fingerprint density at radius 3 is 2.57 bits per heavy atom. The van der Waals surface area contributed by atoms with Crippen LogP contribution in [0.25, 0.3) is 0 Å². The molecule has 2 rings (SSSR count). The summed E-state index contributed by atoms with van der Waals surface area (Å²) >= 11 is 3.35. The van der Waals surface area contributed by atoms with Gasteiger partial charge in [0.25, 0.3) is 5.69 Å². The number of anilines is 1. The lowest BCUT2D eigenvalue weighted by atomic mass is 10.2. The predicted molar refractivity (Wildman–Crippen MR) is 91.4 cm³/mol. The summed E-state index contributed by atoms with van der Waals surface area (Å²) in [7, 11) is 1.74. The number of carbonyl (C=O) groups is 1. The molecule has 2 aromatic rings. The average molecular weight is 379 g/mol. The van der Waals surface area contributed by atoms with E-state index in [0.29, 0.717) is 25.1 Å². The van der Waals surface area contributed by atoms with Crippen LogP contribution in [0.4, 0.5) is 11.4 Å². The van der Waals surface area contributed by atoms with Crippen LogP contribution in [-0.4, -0.2) is 31.4 Å². The van der Waals surface area contributed by atoms with Gasteiger partial charge in [-0.3, -0.25) is 14.9 Å². The second-order valence-electron chi connectivity index (χ2n) is 4.85. The second-order valence-corrected chi connectivity index (χ2v) is 5.76. The van der Waals surface area contributed by atoms with Gasteiger partial charge in [0.1, 0.15) is 24.3 Å². The number of nitro groups is 1. The van der Waals surface area contributed by atoms with E-state index in [2.05, 4.69) is 15.9 Å². The first kappa shape index (κ1) is 17.0. The van der Waals surface area contributed by atoms with Gasteiger partial charge in [-0.2, -0.15) is 0 Å². The van der Waals surface area contributed by atoms with E-state index in [1.54, 1.807) is 24.1 Å². The number of ether oxygens (including phenoxy) is 1. The average Bonchev–Trinajstić information content (AvgIpc) is 2.55. The first-order valence-electron chi connectivity index (χ1n) is 6.84. The molecule has 0 spiro atoms. The molecule has 0 aliphatic carbocycles. The Morgan fingerprint density at radius 2 is 1.96 bits per heavy atom. The Balaban J connectivity index is 2.02. The van der Waals surface area contributed by atoms with Crippen molar-refractivity contribution in [1.82, 2.24) is 0 Å². The van der Waals surface area contributed by atoms with Gasteiger partial charge in [0, 0.05) is 23.2 Å². The summed E-state index contributed by atoms with van der Waals surface area (Å²) in [5.41, 5.74) is 0.626. The minimum atomic E-state index is -0.492. The summed E-state index contributed by atoms with van der Waals surface area (Å²) < 4.78 is 6.58. The molecule has 2 aromatic carbocycles. The van der Waals surface area contributed by atoms with Crippen LogP contribution in [0, 0.1) is 10.1 Å². The lowest BCUT2D eigenvalue weighted by Crippen LogP contribution is -2.24. The minimum absolute atomic E-state index is 0.0965. The number of carbonyl (C=O) groups excluding carboxylic acids is 1. The Morgan fingerprint density at radius 1 is 1.26 bits per heavy atom. The highest BCUT2D eigenvalue weighted by Gasteiger charge is 2.17. The third-order valence-electron chi connectivity index (χ3n) is 3.25. The summed E-state index contributed by atoms with van der Waals surface area (Å²) in [6, 6.07) is 11.8. The van der Waals surface area contributed by atoms with E-state index in [-0.39, 0.29) is 11.3 Å². The van der Waals surface area contributed by atoms with Gasteiger partial charge in [0.15, 0.2) is 0 Å². The number of benzene rings is 2. The summed E-state index contributed by atoms with van der Waals surface area (Å²) in [6.07, 6.45) is 0.591. The molecule has 0 saturated heterocycles. The number of likely N-dealkylation sites (N-methyl/N-ethyl adjacent to an activating group) is 1. The molecule has 0 amide bonds. The number of hydrogen-bond donors (Lipinski definition) is 0. The number of aldehydes is 1. The van der Waals surface area contributed by atoms with E-state index >= 15 is 0 Å². The molecule has 120 valence electrons. The molecule has 0 heterocycles. The molecular formula is C16H15BrN2O4. The lowest BCUT2D eigenvalue weighted by molar-refractivity contribution is -0.384. The number of nitrogens with zero attached hydrogens (tertiary/aromatic N) is 2. The van der Waals surface area contributed by atoms with Crippen LogP contribution in [0.3, 0.4) is 0 Å². The van der Waals surface area contributed by atoms with Gasteiger partial charge in [-0.1, -0.05) is 15.9 Å². The molecule has 23 heavy (non-hydrogen) atoms. The fraction of sp³-hybridized carbons (Fsp3) is 0.188. The smallest absolute Gasteiger partial charge is 0.293 e. The first-order valence-corrected chi connectivity index (χ1v) is 7.63. The van der Waals surface area contributed by atoms with Gasteiger partial charge in [-0.15, -0.1) is 0 Å². The van der Waals surface area contributed by atoms with E-state index in [0.717, 1.165) is 10.2 Å². The van der Waals surface area contributed by atoms with Crippen molar-refractivity contribution in [1.29, 1.82) is 0 Å². The SMILES string of the molecule is CN(CCOc1ccc(Br)cc1)c1ccc(C=O)cc1[N+](=O)[O-]. The third-order valence-corrected chi connectivity index (χ3v) is 3.78. The van der Waals surface area contributed by atoms with E-state index in [9.17, 15) is 14.9 Å². The fourth-order valence-electron chi connectivity index (χ4n) is 2.03. The van der Waals surface area contributed by atoms with Gasteiger partial charge in [0.2, 0.25) is 0 Å². The van der Waals surface area contributed by atoms with E-state index in [1.165, 1.54) is 6.07 Å². The molecule has 0 bridgehead atoms. The molecule has 0 aliphatic heterocycles. The summed E-state index contributed by atoms with van der Waals surface area (Å²) in [6.45, 7) is 0.849. The molecule has 0 aliphatic rings. The van der Waals surface area contributed by atoms with Crippen molar-refractivity contribution in [2.75, 3.05) is 25.1 Å². The van der Waals surface area contributed by atoms with Gasteiger partial charge in [-0.05, 0) is 36.4 Å². The normalized spacial score (nSPS) is 10.2. The maximum Gasteiger partial charge on any atom is 0.293 e. The van der Waals surface area contributed by atoms with E-state index < -0.39 is 4.92 Å². The van der Waals surface area contributed by atoms with Crippen molar-refractivity contribution in [3.8, 4) is 5.75 Å². The lowest BCUT2D eigenvalue weighted by Gasteiger charge is -2.19. The number of hydrogen-bond acceptors (Lipinski definition) is 5. The molecule has 0 aromatic heterocycles. The number of rotatable bonds is 7. The van der Waals surface area contributed by atoms with Crippen LogP contribution in [0.2, 0.25) is 0 Å². The van der Waals surface area contributed by atoms with Crippen molar-refractivity contribution < 1.29 is 14.5 Å². The van der Waals surface area contributed by atoms with Crippen LogP contribution in [0.15, 0.2) is 46.9 Å². The molecule has 7 heteroatoms. The zero-order valence-corrected chi connectivity index (χ0v) is 14.0. The largest absolute Gasteiger partial charge is 0.492 e. The van der Waals surface area contributed by atoms with Crippen LogP contribution in [0.5, 0.6) is 5.75 Å². The molecular weight excluding hydrogens is 364 g/mol. The van der Waals surface area contributed by atoms with Crippen LogP contribution in [-0.2, 0) is 0 Å². The van der Waals surface area contributed by atoms with Crippen LogP contribution in [0.1, 0.15) is 10.4 Å². The van der Waals surface area contributed by atoms with Crippen molar-refractivity contribution in [2.45, 2.75) is 0 Å². The van der Waals surface area contributed by atoms with Crippen molar-refractivity contribution in [2.24, 2.45) is 0 Å². The highest BCUT2D eigenvalue weighted by Crippen LogP contribution is 2.28. The summed E-state index contributed by atoms with van der Waals surface area (Å²) in [5, 5.41) is 11.1. The quantitative estimate of drug-likeness (QED) is 0.417. The van der Waals surface area contributed by atoms with Crippen molar-refractivity contribution in [3.05, 3.63) is 62.6 Å². The van der Waals surface area contributed by atoms with Crippen molar-refractivity contribution in [3.63, 3.8) is 0 Å². The molecule has 0 N–H and O–H groups in total. The molecule has 0 atom stereocenters. The highest BCUT2D eigenvalue weighted by molar-refractivity contribution is 9.10. The van der Waals surface area contributed by atoms with Crippen molar-refractivity contribution >= 4 is 33.6 Å². The topological polar surface area (TPSA) is 72.7 Å². The van der Waals surface area contributed by atoms with Crippen LogP contribution >= 0.6 is 15.9 Å². The minimum Gasteiger partial charge on any atom is -0.492 e. The monoisotopic (exact) mass is 378 g/mol. The zero-order chi connectivity index (χ0) is 16.8. The standard InChI is InChI=1S/C16H15BrN2O4/c1-18(8-9-23-14-5-3-13(17)4-6-14)15-7-2-12(11-20)10-16(15)19(21)22/h2-7,10-11H,8-9H2,1H3. The maximum atomic E-state index is 11.1. The molecule has 0 radical (unpaired) electrons. The Kier molecular flexibility index (Phi) is 5.70. The van der Waals surface area contributed by atoms with Gasteiger partial charge < -0.3 is 9.64 Å². The number of nitro benzene ring substituents is 1. The molecule has 0 fully saturated rings. The van der Waals surface area contributed by atoms with E-state index in [1.807, 2.05) is 24.3 Å². The second kappa shape index (κ2) is 7.73. The third kappa shape index (κ3) is 4.53. The molecule has 0 saturated carbocycles. The molecule has 0 unspecified atom stereocenters. The summed E-state index contributed by atoms with van der Waals surface area (Å²) in [5.74, 6) is 0.729. The highest BCUT2D eigenvalue weighted by atomic mass is 79.9. The fourth-order valence-corrected chi connectivity index (χ4v) is 2.30. The Bertz CT molecular complexity index is 704. The van der Waals surface area contributed by atoms with Crippen LogP contribution < -0.4 is 9.64 Å². The van der Waals surface area contributed by atoms with Gasteiger partial charge in [0.05, 0.1) is 11.5 Å². The zero-order valence-electron chi connectivity index (χ0n) is 12.4. The van der Waals surface area contributed by atoms with Gasteiger partial charge >= 0.3 is 0 Å². The van der Waals surface area contributed by atoms with Gasteiger partial charge in [-0.25, -0.2) is 0 Å². The maximum absolute atomic E-state index is 11.1. The Hall–Kier alpha value is -2.41. The first-order chi connectivity index (χ1) is 11.0. The Labute approximate surface area is 142 Å². The predicted octanol–water partition coefficient (Wildman–Crippen LogP) is 3.69. The summed E-state index contributed by atoms with van der Waals surface area (Å²) in [4.78, 5) is 23.1. The van der Waals surface area contributed by atoms with E-state index in [4.69, 9.17) is 4.74 Å².